The number of rotatable bonds is 2. The number of hydrogen-bond acceptors (Lipinski definition) is 1. The topological polar surface area (TPSA) is 29.1 Å². The van der Waals surface area contributed by atoms with Gasteiger partial charge in [-0.05, 0) is 24.2 Å². The highest BCUT2D eigenvalue weighted by Crippen LogP contribution is 2.28. The Bertz CT molecular complexity index is 217. The van der Waals surface area contributed by atoms with E-state index in [-0.39, 0.29) is 5.91 Å². The zero-order valence-electron chi connectivity index (χ0n) is 8.18. The molecule has 2 unspecified atom stereocenters. The zero-order valence-corrected chi connectivity index (χ0v) is 8.18. The Labute approximate surface area is 80.1 Å². The average Bonchev–Trinajstić information content (AvgIpc) is 2.16. The molecule has 0 bridgehead atoms. The molecule has 0 heterocycles. The van der Waals surface area contributed by atoms with Crippen LogP contribution in [0.3, 0.4) is 0 Å². The summed E-state index contributed by atoms with van der Waals surface area (Å²) < 4.78 is 0. The summed E-state index contributed by atoms with van der Waals surface area (Å²) in [5.41, 5.74) is 0. The fourth-order valence-corrected chi connectivity index (χ4v) is 1.97. The van der Waals surface area contributed by atoms with Crippen LogP contribution in [-0.4, -0.2) is 12.5 Å². The van der Waals surface area contributed by atoms with E-state index >= 15 is 0 Å². The first-order valence-electron chi connectivity index (χ1n) is 4.98. The van der Waals surface area contributed by atoms with E-state index < -0.39 is 0 Å². The summed E-state index contributed by atoms with van der Waals surface area (Å²) >= 11 is 0. The molecule has 13 heavy (non-hydrogen) atoms. The second kappa shape index (κ2) is 4.91. The molecule has 2 nitrogen and oxygen atoms in total. The maximum absolute atomic E-state index is 10.8. The monoisotopic (exact) mass is 179 g/mol. The molecule has 1 saturated carbocycles. The highest BCUT2D eigenvalue weighted by atomic mass is 16.1. The highest BCUT2D eigenvalue weighted by Gasteiger charge is 2.21. The van der Waals surface area contributed by atoms with Crippen LogP contribution in [0.5, 0.6) is 0 Å². The first-order chi connectivity index (χ1) is 6.24. The molecule has 0 aromatic heterocycles. The van der Waals surface area contributed by atoms with Crippen molar-refractivity contribution in [2.75, 3.05) is 6.54 Å². The Morgan fingerprint density at radius 1 is 1.54 bits per heavy atom. The van der Waals surface area contributed by atoms with Crippen molar-refractivity contribution in [2.24, 2.45) is 11.8 Å². The van der Waals surface area contributed by atoms with Crippen LogP contribution in [0.2, 0.25) is 0 Å². The van der Waals surface area contributed by atoms with E-state index in [0.29, 0.717) is 5.92 Å². The standard InChI is InChI=1S/C11H17NO/c1-3-11(13)12-8-10-7-5-4-6-9(10)2/h1,9-10H,4-8H2,2H3,(H,12,13). The molecule has 0 aliphatic heterocycles. The summed E-state index contributed by atoms with van der Waals surface area (Å²) in [5, 5.41) is 2.76. The van der Waals surface area contributed by atoms with Gasteiger partial charge in [-0.25, -0.2) is 0 Å². The van der Waals surface area contributed by atoms with Gasteiger partial charge in [0.15, 0.2) is 0 Å². The van der Waals surface area contributed by atoms with Crippen molar-refractivity contribution in [2.45, 2.75) is 32.6 Å². The summed E-state index contributed by atoms with van der Waals surface area (Å²) in [7, 11) is 0. The Balaban J connectivity index is 2.27. The van der Waals surface area contributed by atoms with E-state index in [2.05, 4.69) is 18.2 Å². The van der Waals surface area contributed by atoms with E-state index in [1.54, 1.807) is 0 Å². The lowest BCUT2D eigenvalue weighted by atomic mass is 9.80. The van der Waals surface area contributed by atoms with Crippen molar-refractivity contribution in [1.82, 2.24) is 5.32 Å². The fraction of sp³-hybridized carbons (Fsp3) is 0.727. The third kappa shape index (κ3) is 3.10. The van der Waals surface area contributed by atoms with Crippen LogP contribution in [0.1, 0.15) is 32.6 Å². The minimum absolute atomic E-state index is 0.280. The third-order valence-electron chi connectivity index (χ3n) is 2.95. The van der Waals surface area contributed by atoms with E-state index in [1.807, 2.05) is 0 Å². The van der Waals surface area contributed by atoms with Crippen molar-refractivity contribution in [3.63, 3.8) is 0 Å². The highest BCUT2D eigenvalue weighted by molar-refractivity contribution is 5.92. The molecule has 1 rings (SSSR count). The predicted molar refractivity (Wildman–Crippen MR) is 53.0 cm³/mol. The lowest BCUT2D eigenvalue weighted by Gasteiger charge is -2.28. The van der Waals surface area contributed by atoms with Crippen molar-refractivity contribution in [3.05, 3.63) is 0 Å². The molecule has 0 spiro atoms. The van der Waals surface area contributed by atoms with Crippen LogP contribution in [0, 0.1) is 24.2 Å². The van der Waals surface area contributed by atoms with Gasteiger partial charge in [0.25, 0.3) is 5.91 Å². The number of hydrogen-bond donors (Lipinski definition) is 1. The van der Waals surface area contributed by atoms with Crippen molar-refractivity contribution in [1.29, 1.82) is 0 Å². The lowest BCUT2D eigenvalue weighted by molar-refractivity contribution is -0.116. The van der Waals surface area contributed by atoms with Gasteiger partial charge in [-0.1, -0.05) is 26.2 Å². The molecule has 0 aromatic rings. The van der Waals surface area contributed by atoms with Crippen LogP contribution in [-0.2, 0) is 4.79 Å². The lowest BCUT2D eigenvalue weighted by Crippen LogP contribution is -2.32. The van der Waals surface area contributed by atoms with Gasteiger partial charge in [0.05, 0.1) is 0 Å². The zero-order chi connectivity index (χ0) is 9.68. The van der Waals surface area contributed by atoms with Crippen LogP contribution in [0.25, 0.3) is 0 Å². The molecular weight excluding hydrogens is 162 g/mol. The fourth-order valence-electron chi connectivity index (χ4n) is 1.97. The number of terminal acetylenes is 1. The molecule has 1 aliphatic rings. The van der Waals surface area contributed by atoms with Crippen LogP contribution in [0.4, 0.5) is 0 Å². The van der Waals surface area contributed by atoms with Crippen molar-refractivity contribution >= 4 is 5.91 Å². The summed E-state index contributed by atoms with van der Waals surface area (Å²) in [6.07, 6.45) is 10.1. The summed E-state index contributed by atoms with van der Waals surface area (Å²) in [4.78, 5) is 10.8. The van der Waals surface area contributed by atoms with E-state index in [9.17, 15) is 4.79 Å². The van der Waals surface area contributed by atoms with E-state index in [0.717, 1.165) is 12.5 Å². The molecule has 1 fully saturated rings. The third-order valence-corrected chi connectivity index (χ3v) is 2.95. The molecule has 0 saturated heterocycles. The predicted octanol–water partition coefficient (Wildman–Crippen LogP) is 1.56. The van der Waals surface area contributed by atoms with Gasteiger partial charge < -0.3 is 5.32 Å². The van der Waals surface area contributed by atoms with Crippen molar-refractivity contribution in [3.8, 4) is 12.3 Å². The molecule has 2 heteroatoms. The van der Waals surface area contributed by atoms with Crippen LogP contribution >= 0.6 is 0 Å². The van der Waals surface area contributed by atoms with E-state index in [4.69, 9.17) is 6.42 Å². The van der Waals surface area contributed by atoms with Crippen LogP contribution < -0.4 is 5.32 Å². The molecule has 1 N–H and O–H groups in total. The van der Waals surface area contributed by atoms with Gasteiger partial charge in [-0.15, -0.1) is 6.42 Å². The maximum Gasteiger partial charge on any atom is 0.295 e. The van der Waals surface area contributed by atoms with Gasteiger partial charge in [-0.3, -0.25) is 4.79 Å². The summed E-state index contributed by atoms with van der Waals surface area (Å²) in [6.45, 7) is 3.01. The number of amides is 1. The van der Waals surface area contributed by atoms with Crippen molar-refractivity contribution < 1.29 is 4.79 Å². The quantitative estimate of drug-likeness (QED) is 0.640. The molecule has 1 aliphatic carbocycles. The van der Waals surface area contributed by atoms with E-state index in [1.165, 1.54) is 25.7 Å². The Hall–Kier alpha value is -0.970. The smallest absolute Gasteiger partial charge is 0.295 e. The second-order valence-electron chi connectivity index (χ2n) is 3.88. The first-order valence-corrected chi connectivity index (χ1v) is 4.98. The maximum atomic E-state index is 10.8. The molecule has 1 amide bonds. The van der Waals surface area contributed by atoms with Crippen LogP contribution in [0.15, 0.2) is 0 Å². The van der Waals surface area contributed by atoms with Gasteiger partial charge >= 0.3 is 0 Å². The molecular formula is C11H17NO. The van der Waals surface area contributed by atoms with Gasteiger partial charge in [0, 0.05) is 6.54 Å². The first kappa shape index (κ1) is 10.1. The minimum atomic E-state index is -0.280. The molecule has 0 radical (unpaired) electrons. The summed E-state index contributed by atoms with van der Waals surface area (Å²) in [6, 6.07) is 0. The SMILES string of the molecule is C#CC(=O)NCC1CCCCC1C. The molecule has 0 aromatic carbocycles. The minimum Gasteiger partial charge on any atom is -0.345 e. The second-order valence-corrected chi connectivity index (χ2v) is 3.88. The average molecular weight is 179 g/mol. The van der Waals surface area contributed by atoms with Gasteiger partial charge in [0.1, 0.15) is 0 Å². The number of carbonyl (C=O) groups excluding carboxylic acids is 1. The Kier molecular flexibility index (Phi) is 3.82. The summed E-state index contributed by atoms with van der Waals surface area (Å²) in [5.74, 6) is 3.15. The number of carbonyl (C=O) groups is 1. The normalized spacial score (nSPS) is 27.7. The Morgan fingerprint density at radius 2 is 2.23 bits per heavy atom. The largest absolute Gasteiger partial charge is 0.345 e. The molecule has 2 atom stereocenters. The van der Waals surface area contributed by atoms with Gasteiger partial charge in [-0.2, -0.15) is 0 Å². The Morgan fingerprint density at radius 3 is 2.85 bits per heavy atom. The number of nitrogens with one attached hydrogen (secondary N) is 1. The molecule has 72 valence electrons. The van der Waals surface area contributed by atoms with Gasteiger partial charge in [0.2, 0.25) is 0 Å².